The van der Waals surface area contributed by atoms with Gasteiger partial charge >= 0.3 is 0 Å². The number of para-hydroxylation sites is 2. The van der Waals surface area contributed by atoms with E-state index in [0.29, 0.717) is 34.1 Å². The van der Waals surface area contributed by atoms with Gasteiger partial charge in [0.1, 0.15) is 11.5 Å². The van der Waals surface area contributed by atoms with Crippen LogP contribution in [0.1, 0.15) is 16.8 Å². The third-order valence-electron chi connectivity index (χ3n) is 5.15. The van der Waals surface area contributed by atoms with Crippen LogP contribution in [0.4, 0.5) is 17.1 Å². The Balaban J connectivity index is 1.31. The van der Waals surface area contributed by atoms with E-state index < -0.39 is 0 Å². The van der Waals surface area contributed by atoms with Crippen LogP contribution in [-0.4, -0.2) is 38.0 Å². The number of nitrogens with one attached hydrogen (secondary N) is 2. The molecule has 0 radical (unpaired) electrons. The van der Waals surface area contributed by atoms with Crippen LogP contribution >= 0.6 is 0 Å². The molecule has 0 spiro atoms. The summed E-state index contributed by atoms with van der Waals surface area (Å²) in [7, 11) is 1.58. The van der Waals surface area contributed by atoms with Crippen molar-refractivity contribution in [2.45, 2.75) is 6.42 Å². The second kappa shape index (κ2) is 9.86. The molecule has 3 amide bonds. The topological polar surface area (TPSA) is 97.0 Å². The van der Waals surface area contributed by atoms with Crippen LogP contribution < -0.4 is 25.0 Å². The van der Waals surface area contributed by atoms with E-state index in [0.717, 1.165) is 0 Å². The van der Waals surface area contributed by atoms with Crippen molar-refractivity contribution in [2.75, 3.05) is 35.8 Å². The van der Waals surface area contributed by atoms with Gasteiger partial charge in [-0.1, -0.05) is 12.1 Å². The lowest BCUT2D eigenvalue weighted by Crippen LogP contribution is -2.40. The highest BCUT2D eigenvalue weighted by molar-refractivity contribution is 6.04. The molecule has 4 rings (SSSR count). The molecule has 0 fully saturated rings. The molecule has 0 bridgehead atoms. The number of carbonyl (C=O) groups excluding carboxylic acids is 3. The summed E-state index contributed by atoms with van der Waals surface area (Å²) in [5, 5.41) is 5.60. The fraction of sp³-hybridized carbons (Fsp3) is 0.160. The van der Waals surface area contributed by atoms with Crippen molar-refractivity contribution in [1.82, 2.24) is 0 Å². The van der Waals surface area contributed by atoms with Gasteiger partial charge in [0.25, 0.3) is 11.8 Å². The molecule has 0 saturated carbocycles. The zero-order valence-corrected chi connectivity index (χ0v) is 18.0. The molecule has 168 valence electrons. The predicted molar refractivity (Wildman–Crippen MR) is 125 cm³/mol. The summed E-state index contributed by atoms with van der Waals surface area (Å²) < 4.78 is 10.5. The van der Waals surface area contributed by atoms with Crippen LogP contribution in [0.2, 0.25) is 0 Å². The molecule has 0 saturated heterocycles. The highest BCUT2D eigenvalue weighted by Gasteiger charge is 2.25. The summed E-state index contributed by atoms with van der Waals surface area (Å²) in [6.07, 6.45) is 0.125. The maximum atomic E-state index is 12.4. The van der Waals surface area contributed by atoms with Gasteiger partial charge in [-0.05, 0) is 60.7 Å². The first-order valence-corrected chi connectivity index (χ1v) is 10.4. The third kappa shape index (κ3) is 5.30. The van der Waals surface area contributed by atoms with Crippen LogP contribution in [0.3, 0.4) is 0 Å². The molecule has 3 aromatic rings. The van der Waals surface area contributed by atoms with Gasteiger partial charge in [0.2, 0.25) is 5.91 Å². The average Bonchev–Trinajstić information content (AvgIpc) is 2.84. The predicted octanol–water partition coefficient (Wildman–Crippen LogP) is 3.70. The minimum Gasteiger partial charge on any atom is -0.497 e. The molecule has 0 aliphatic carbocycles. The molecule has 3 aromatic carbocycles. The van der Waals surface area contributed by atoms with E-state index in [2.05, 4.69) is 10.6 Å². The number of hydrogen-bond donors (Lipinski definition) is 2. The number of methoxy groups -OCH3 is 1. The Morgan fingerprint density at radius 3 is 2.33 bits per heavy atom. The first kappa shape index (κ1) is 21.9. The number of fused-ring (bicyclic) bond motifs is 1. The van der Waals surface area contributed by atoms with Crippen molar-refractivity contribution < 1.29 is 23.9 Å². The van der Waals surface area contributed by atoms with Gasteiger partial charge in [-0.25, -0.2) is 0 Å². The highest BCUT2D eigenvalue weighted by atomic mass is 16.5. The van der Waals surface area contributed by atoms with Crippen LogP contribution in [0, 0.1) is 0 Å². The molecule has 1 aliphatic heterocycles. The second-order valence-electron chi connectivity index (χ2n) is 7.36. The lowest BCUT2D eigenvalue weighted by atomic mass is 10.2. The Hall–Kier alpha value is -4.33. The molecule has 8 nitrogen and oxygen atoms in total. The number of anilines is 3. The maximum absolute atomic E-state index is 12.4. The molecule has 1 heterocycles. The first-order valence-electron chi connectivity index (χ1n) is 10.4. The smallest absolute Gasteiger partial charge is 0.265 e. The van der Waals surface area contributed by atoms with Crippen molar-refractivity contribution in [1.29, 1.82) is 0 Å². The Labute approximate surface area is 191 Å². The fourth-order valence-electron chi connectivity index (χ4n) is 3.42. The van der Waals surface area contributed by atoms with Gasteiger partial charge in [-0.15, -0.1) is 0 Å². The monoisotopic (exact) mass is 445 g/mol. The van der Waals surface area contributed by atoms with Crippen LogP contribution in [0.5, 0.6) is 11.5 Å². The van der Waals surface area contributed by atoms with E-state index in [1.54, 1.807) is 72.7 Å². The number of carbonyl (C=O) groups is 3. The van der Waals surface area contributed by atoms with Crippen molar-refractivity contribution >= 4 is 34.8 Å². The van der Waals surface area contributed by atoms with Gasteiger partial charge in [-0.3, -0.25) is 14.4 Å². The van der Waals surface area contributed by atoms with E-state index in [9.17, 15) is 14.4 Å². The average molecular weight is 445 g/mol. The highest BCUT2D eigenvalue weighted by Crippen LogP contribution is 2.31. The Morgan fingerprint density at radius 1 is 0.939 bits per heavy atom. The first-order chi connectivity index (χ1) is 16.0. The zero-order valence-electron chi connectivity index (χ0n) is 18.0. The van der Waals surface area contributed by atoms with Gasteiger partial charge < -0.3 is 25.0 Å². The molecule has 33 heavy (non-hydrogen) atoms. The minimum atomic E-state index is -0.262. The number of amides is 3. The van der Waals surface area contributed by atoms with Crippen LogP contribution in [0.25, 0.3) is 0 Å². The normalized spacial score (nSPS) is 12.4. The molecule has 0 atom stereocenters. The van der Waals surface area contributed by atoms with Crippen LogP contribution in [-0.2, 0) is 9.59 Å². The van der Waals surface area contributed by atoms with E-state index in [1.807, 2.05) is 12.1 Å². The summed E-state index contributed by atoms with van der Waals surface area (Å²) in [5.41, 5.74) is 2.33. The minimum absolute atomic E-state index is 0.0430. The standard InChI is InChI=1S/C25H23N3O5/c1-32-20-12-10-19(11-13-20)27-25(31)17-6-8-18(9-7-17)26-23(29)14-15-28-21-4-2-3-5-22(21)33-16-24(28)30/h2-13H,14-16H2,1H3,(H,26,29)(H,27,31). The summed E-state index contributed by atoms with van der Waals surface area (Å²) >= 11 is 0. The van der Waals surface area contributed by atoms with Crippen molar-refractivity contribution in [3.05, 3.63) is 78.4 Å². The lowest BCUT2D eigenvalue weighted by Gasteiger charge is -2.29. The summed E-state index contributed by atoms with van der Waals surface area (Å²) in [6.45, 7) is 0.200. The fourth-order valence-corrected chi connectivity index (χ4v) is 3.42. The van der Waals surface area contributed by atoms with Crippen molar-refractivity contribution in [3.8, 4) is 11.5 Å². The number of hydrogen-bond acceptors (Lipinski definition) is 5. The Kier molecular flexibility index (Phi) is 6.54. The van der Waals surface area contributed by atoms with Crippen molar-refractivity contribution in [2.24, 2.45) is 0 Å². The van der Waals surface area contributed by atoms with Gasteiger partial charge in [0.05, 0.1) is 12.8 Å². The van der Waals surface area contributed by atoms with Gasteiger partial charge in [0, 0.05) is 29.9 Å². The molecule has 8 heteroatoms. The van der Waals surface area contributed by atoms with Gasteiger partial charge in [-0.2, -0.15) is 0 Å². The molecule has 2 N–H and O–H groups in total. The van der Waals surface area contributed by atoms with E-state index in [1.165, 1.54) is 0 Å². The lowest BCUT2D eigenvalue weighted by molar-refractivity contribution is -0.121. The largest absolute Gasteiger partial charge is 0.497 e. The van der Waals surface area contributed by atoms with Crippen LogP contribution in [0.15, 0.2) is 72.8 Å². The third-order valence-corrected chi connectivity index (χ3v) is 5.15. The quantitative estimate of drug-likeness (QED) is 0.578. The SMILES string of the molecule is COc1ccc(NC(=O)c2ccc(NC(=O)CCN3C(=O)COc4ccccc43)cc2)cc1. The summed E-state index contributed by atoms with van der Waals surface area (Å²) in [4.78, 5) is 38.6. The number of rotatable bonds is 7. The van der Waals surface area contributed by atoms with E-state index in [4.69, 9.17) is 9.47 Å². The summed E-state index contributed by atoms with van der Waals surface area (Å²) in [5.74, 6) is 0.648. The number of nitrogens with zero attached hydrogens (tertiary/aromatic N) is 1. The zero-order chi connectivity index (χ0) is 23.2. The molecule has 0 aromatic heterocycles. The summed E-state index contributed by atoms with van der Waals surface area (Å²) in [6, 6.07) is 20.9. The number of ether oxygens (including phenoxy) is 2. The maximum Gasteiger partial charge on any atom is 0.265 e. The van der Waals surface area contributed by atoms with Gasteiger partial charge in [0.15, 0.2) is 6.61 Å². The molecular weight excluding hydrogens is 422 g/mol. The molecule has 1 aliphatic rings. The molecular formula is C25H23N3O5. The van der Waals surface area contributed by atoms with E-state index in [-0.39, 0.29) is 37.3 Å². The van der Waals surface area contributed by atoms with E-state index >= 15 is 0 Å². The second-order valence-corrected chi connectivity index (χ2v) is 7.36. The number of benzene rings is 3. The Morgan fingerprint density at radius 2 is 1.61 bits per heavy atom. The Bertz CT molecular complexity index is 1160. The van der Waals surface area contributed by atoms with Crippen molar-refractivity contribution in [3.63, 3.8) is 0 Å². The molecule has 0 unspecified atom stereocenters.